The van der Waals surface area contributed by atoms with Gasteiger partial charge in [-0.3, -0.25) is 4.79 Å². The minimum absolute atomic E-state index is 0.169. The number of halogens is 3. The van der Waals surface area contributed by atoms with E-state index in [-0.39, 0.29) is 5.91 Å². The van der Waals surface area contributed by atoms with Gasteiger partial charge >= 0.3 is 12.1 Å². The monoisotopic (exact) mass is 345 g/mol. The van der Waals surface area contributed by atoms with Crippen LogP contribution in [0.1, 0.15) is 18.1 Å². The molecule has 9 heteroatoms. The first kappa shape index (κ1) is 18.1. The smallest absolute Gasteiger partial charge is 0.475 e. The van der Waals surface area contributed by atoms with E-state index in [0.29, 0.717) is 6.04 Å². The highest BCUT2D eigenvalue weighted by molar-refractivity contribution is 5.74. The maximum atomic E-state index is 11.1. The van der Waals surface area contributed by atoms with Crippen LogP contribution in [0.5, 0.6) is 0 Å². The Morgan fingerprint density at radius 3 is 2.46 bits per heavy atom. The molecule has 0 aliphatic carbocycles. The van der Waals surface area contributed by atoms with Gasteiger partial charge in [-0.25, -0.2) is 4.79 Å². The quantitative estimate of drug-likeness (QED) is 0.758. The lowest BCUT2D eigenvalue weighted by Crippen LogP contribution is -2.56. The van der Waals surface area contributed by atoms with Crippen LogP contribution in [0.2, 0.25) is 0 Å². The summed E-state index contributed by atoms with van der Waals surface area (Å²) in [5.41, 5.74) is 3.99. The summed E-state index contributed by atoms with van der Waals surface area (Å²) in [4.78, 5) is 21.9. The Balaban J connectivity index is 0.000000256. The van der Waals surface area contributed by atoms with Gasteiger partial charge in [-0.15, -0.1) is 0 Å². The molecule has 2 aliphatic heterocycles. The molecule has 1 fully saturated rings. The summed E-state index contributed by atoms with van der Waals surface area (Å²) < 4.78 is 31.7. The highest BCUT2D eigenvalue weighted by Crippen LogP contribution is 2.26. The number of carboxylic acid groups (broad SMARTS) is 1. The van der Waals surface area contributed by atoms with E-state index in [1.807, 2.05) is 4.90 Å². The van der Waals surface area contributed by atoms with Gasteiger partial charge in [0.15, 0.2) is 0 Å². The van der Waals surface area contributed by atoms with Gasteiger partial charge in [-0.1, -0.05) is 12.1 Å². The molecule has 0 aromatic heterocycles. The number of amides is 1. The third kappa shape index (κ3) is 4.38. The first-order valence-corrected chi connectivity index (χ1v) is 7.32. The number of hydrogen-bond donors (Lipinski definition) is 3. The van der Waals surface area contributed by atoms with Crippen LogP contribution in [0.15, 0.2) is 18.2 Å². The number of carbonyl (C=O) groups is 2. The summed E-state index contributed by atoms with van der Waals surface area (Å²) in [5, 5.41) is 14.0. The van der Waals surface area contributed by atoms with E-state index in [1.54, 1.807) is 6.92 Å². The van der Waals surface area contributed by atoms with E-state index in [9.17, 15) is 18.0 Å². The van der Waals surface area contributed by atoms with Crippen LogP contribution < -0.4 is 10.6 Å². The van der Waals surface area contributed by atoms with Gasteiger partial charge in [0.1, 0.15) is 0 Å². The molecule has 3 N–H and O–H groups in total. The van der Waals surface area contributed by atoms with Gasteiger partial charge in [-0.2, -0.15) is 13.2 Å². The van der Waals surface area contributed by atoms with Gasteiger partial charge in [-0.05, 0) is 17.2 Å². The Morgan fingerprint density at radius 2 is 1.92 bits per heavy atom. The lowest BCUT2D eigenvalue weighted by molar-refractivity contribution is -0.192. The van der Waals surface area contributed by atoms with E-state index in [4.69, 9.17) is 9.90 Å². The van der Waals surface area contributed by atoms with E-state index >= 15 is 0 Å². The Morgan fingerprint density at radius 1 is 1.29 bits per heavy atom. The average molecular weight is 345 g/mol. The molecule has 2 aliphatic rings. The van der Waals surface area contributed by atoms with Crippen LogP contribution >= 0.6 is 0 Å². The average Bonchev–Trinajstić information content (AvgIpc) is 2.90. The predicted molar refractivity (Wildman–Crippen MR) is 80.3 cm³/mol. The van der Waals surface area contributed by atoms with Crippen LogP contribution in [-0.2, 0) is 22.7 Å². The molecule has 0 saturated carbocycles. The Hall–Kier alpha value is -2.29. The molecule has 1 amide bonds. The summed E-state index contributed by atoms with van der Waals surface area (Å²) in [6.45, 7) is 5.19. The molecule has 24 heavy (non-hydrogen) atoms. The molecule has 0 unspecified atom stereocenters. The minimum atomic E-state index is -5.08. The maximum absolute atomic E-state index is 11.1. The van der Waals surface area contributed by atoms with E-state index in [2.05, 4.69) is 28.8 Å². The molecule has 6 nitrogen and oxygen atoms in total. The van der Waals surface area contributed by atoms with Crippen molar-refractivity contribution in [2.24, 2.45) is 0 Å². The third-order valence-corrected chi connectivity index (χ3v) is 3.82. The zero-order chi connectivity index (χ0) is 17.9. The Bertz CT molecular complexity index is 628. The van der Waals surface area contributed by atoms with Crippen LogP contribution in [0, 0.1) is 0 Å². The number of nitrogens with one attached hydrogen (secondary N) is 2. The normalized spacial score (nSPS) is 16.6. The van der Waals surface area contributed by atoms with E-state index in [0.717, 1.165) is 26.2 Å². The second-order valence-electron chi connectivity index (χ2n) is 5.61. The van der Waals surface area contributed by atoms with Crippen molar-refractivity contribution >= 4 is 17.6 Å². The van der Waals surface area contributed by atoms with Crippen molar-refractivity contribution in [1.29, 1.82) is 0 Å². The van der Waals surface area contributed by atoms with Crippen molar-refractivity contribution < 1.29 is 27.9 Å². The summed E-state index contributed by atoms with van der Waals surface area (Å²) >= 11 is 0. The molecule has 0 radical (unpaired) electrons. The zero-order valence-electron chi connectivity index (χ0n) is 13.0. The molecule has 1 saturated heterocycles. The lowest BCUT2D eigenvalue weighted by Gasteiger charge is -2.39. The number of carbonyl (C=O) groups excluding carboxylic acids is 1. The van der Waals surface area contributed by atoms with Crippen LogP contribution in [0.25, 0.3) is 0 Å². The number of likely N-dealkylation sites (tertiary alicyclic amines) is 1. The fraction of sp³-hybridized carbons (Fsp3) is 0.467. The van der Waals surface area contributed by atoms with E-state index < -0.39 is 12.1 Å². The number of hydrogen-bond acceptors (Lipinski definition) is 4. The van der Waals surface area contributed by atoms with Gasteiger partial charge in [0, 0.05) is 38.8 Å². The highest BCUT2D eigenvalue weighted by atomic mass is 19.4. The molecule has 1 aromatic carbocycles. The molecule has 0 spiro atoms. The first-order chi connectivity index (χ1) is 11.2. The molecule has 2 heterocycles. The lowest BCUT2D eigenvalue weighted by atomic mass is 10.0. The van der Waals surface area contributed by atoms with Gasteiger partial charge in [0.05, 0.1) is 6.04 Å². The van der Waals surface area contributed by atoms with Crippen molar-refractivity contribution in [1.82, 2.24) is 10.2 Å². The van der Waals surface area contributed by atoms with Crippen molar-refractivity contribution in [3.63, 3.8) is 0 Å². The molecule has 1 aromatic rings. The summed E-state index contributed by atoms with van der Waals surface area (Å²) in [6.07, 6.45) is -5.08. The Kier molecular flexibility index (Phi) is 5.33. The van der Waals surface area contributed by atoms with Gasteiger partial charge < -0.3 is 20.6 Å². The van der Waals surface area contributed by atoms with Crippen LogP contribution in [0.3, 0.4) is 0 Å². The second-order valence-corrected chi connectivity index (χ2v) is 5.61. The Labute approximate surface area is 136 Å². The fourth-order valence-electron chi connectivity index (χ4n) is 2.51. The van der Waals surface area contributed by atoms with E-state index in [1.165, 1.54) is 16.8 Å². The number of carboxylic acids is 1. The number of rotatable bonds is 2. The van der Waals surface area contributed by atoms with Gasteiger partial charge in [0.2, 0.25) is 5.91 Å². The standard InChI is InChI=1S/C13H17N3O.C2HF3O2/c1-9(17)16-7-11(8-16)15-13-4-2-3-10-5-14-6-12(10)13;3-2(4,5)1(6)7/h2-4,11,14-15H,5-8H2,1H3;(H,6,7). The topological polar surface area (TPSA) is 81.7 Å². The van der Waals surface area contributed by atoms with Crippen molar-refractivity contribution in [3.8, 4) is 0 Å². The zero-order valence-corrected chi connectivity index (χ0v) is 13.0. The van der Waals surface area contributed by atoms with Gasteiger partial charge in [0.25, 0.3) is 0 Å². The summed E-state index contributed by atoms with van der Waals surface area (Å²) in [5.74, 6) is -2.59. The molecular weight excluding hydrogens is 327 g/mol. The fourth-order valence-corrected chi connectivity index (χ4v) is 2.51. The SMILES string of the molecule is CC(=O)N1CC(Nc2cccc3c2CNC3)C1.O=C(O)C(F)(F)F. The van der Waals surface area contributed by atoms with Crippen LogP contribution in [0.4, 0.5) is 18.9 Å². The number of benzene rings is 1. The molecule has 0 atom stereocenters. The summed E-state index contributed by atoms with van der Waals surface area (Å²) in [6, 6.07) is 6.80. The van der Waals surface area contributed by atoms with Crippen LogP contribution in [-0.4, -0.2) is 47.2 Å². The highest BCUT2D eigenvalue weighted by Gasteiger charge is 2.38. The number of aliphatic carboxylic acids is 1. The third-order valence-electron chi connectivity index (χ3n) is 3.82. The maximum Gasteiger partial charge on any atom is 0.490 e. The molecular formula is C15H18F3N3O3. The molecule has 3 rings (SSSR count). The number of nitrogens with zero attached hydrogens (tertiary/aromatic N) is 1. The number of alkyl halides is 3. The molecule has 132 valence electrons. The second kappa shape index (κ2) is 7.08. The first-order valence-electron chi connectivity index (χ1n) is 7.32. The van der Waals surface area contributed by atoms with Crippen molar-refractivity contribution in [2.45, 2.75) is 32.2 Å². The number of anilines is 1. The van der Waals surface area contributed by atoms with Crippen molar-refractivity contribution in [3.05, 3.63) is 29.3 Å². The largest absolute Gasteiger partial charge is 0.490 e. The number of fused-ring (bicyclic) bond motifs is 1. The predicted octanol–water partition coefficient (Wildman–Crippen LogP) is 1.57. The minimum Gasteiger partial charge on any atom is -0.475 e. The van der Waals surface area contributed by atoms with Crippen molar-refractivity contribution in [2.75, 3.05) is 18.4 Å². The molecule has 0 bridgehead atoms. The summed E-state index contributed by atoms with van der Waals surface area (Å²) in [7, 11) is 0.